The zero-order chi connectivity index (χ0) is 14.3. The Hall–Kier alpha value is -2.08. The molecule has 20 heavy (non-hydrogen) atoms. The van der Waals surface area contributed by atoms with Crippen LogP contribution in [0.15, 0.2) is 39.4 Å². The number of hydrogen-bond acceptors (Lipinski definition) is 3. The number of nitrogens with zero attached hydrogens (tertiary/aromatic N) is 1. The first-order valence-corrected chi connectivity index (χ1v) is 6.80. The van der Waals surface area contributed by atoms with E-state index in [0.29, 0.717) is 16.8 Å². The SMILES string of the molecule is CN1C(=O)Cc2cc(NC(=O)c3ccc(Br)o3)ccc21. The van der Waals surface area contributed by atoms with Crippen LogP contribution in [0.3, 0.4) is 0 Å². The van der Waals surface area contributed by atoms with Crippen LogP contribution < -0.4 is 10.2 Å². The summed E-state index contributed by atoms with van der Waals surface area (Å²) in [6.45, 7) is 0. The van der Waals surface area contributed by atoms with Crippen LogP contribution in [0, 0.1) is 0 Å². The summed E-state index contributed by atoms with van der Waals surface area (Å²) in [6, 6.07) is 8.65. The van der Waals surface area contributed by atoms with Crippen LogP contribution in [0.1, 0.15) is 16.1 Å². The fourth-order valence-electron chi connectivity index (χ4n) is 2.18. The average molecular weight is 335 g/mol. The minimum absolute atomic E-state index is 0.0541. The van der Waals surface area contributed by atoms with Crippen molar-refractivity contribution in [3.63, 3.8) is 0 Å². The number of anilines is 2. The van der Waals surface area contributed by atoms with Gasteiger partial charge in [-0.15, -0.1) is 0 Å². The summed E-state index contributed by atoms with van der Waals surface area (Å²) in [4.78, 5) is 25.2. The van der Waals surface area contributed by atoms with E-state index < -0.39 is 0 Å². The van der Waals surface area contributed by atoms with Crippen molar-refractivity contribution in [2.45, 2.75) is 6.42 Å². The number of hydrogen-bond donors (Lipinski definition) is 1. The van der Waals surface area contributed by atoms with Crippen LogP contribution in [0.25, 0.3) is 0 Å². The number of halogens is 1. The normalized spacial score (nSPS) is 13.5. The highest BCUT2D eigenvalue weighted by molar-refractivity contribution is 9.10. The molecular weight excluding hydrogens is 324 g/mol. The van der Waals surface area contributed by atoms with Gasteiger partial charge in [0.05, 0.1) is 6.42 Å². The Morgan fingerprint density at radius 1 is 1.35 bits per heavy atom. The molecule has 1 aliphatic rings. The van der Waals surface area contributed by atoms with Gasteiger partial charge in [0.25, 0.3) is 5.91 Å². The molecule has 2 amide bonds. The zero-order valence-electron chi connectivity index (χ0n) is 10.6. The van der Waals surface area contributed by atoms with Crippen molar-refractivity contribution in [2.24, 2.45) is 0 Å². The molecule has 2 heterocycles. The lowest BCUT2D eigenvalue weighted by molar-refractivity contribution is -0.117. The first-order chi connectivity index (χ1) is 9.54. The molecule has 6 heteroatoms. The van der Waals surface area contributed by atoms with Crippen LogP contribution >= 0.6 is 15.9 Å². The molecule has 0 aliphatic carbocycles. The fraction of sp³-hybridized carbons (Fsp3) is 0.143. The molecule has 0 saturated carbocycles. The zero-order valence-corrected chi connectivity index (χ0v) is 12.2. The molecule has 2 aromatic rings. The predicted molar refractivity (Wildman–Crippen MR) is 77.9 cm³/mol. The van der Waals surface area contributed by atoms with Gasteiger partial charge in [-0.3, -0.25) is 9.59 Å². The predicted octanol–water partition coefficient (Wildman–Crippen LogP) is 2.81. The van der Waals surface area contributed by atoms with Gasteiger partial charge < -0.3 is 14.6 Å². The van der Waals surface area contributed by atoms with Crippen LogP contribution in [-0.2, 0) is 11.2 Å². The lowest BCUT2D eigenvalue weighted by atomic mass is 10.1. The van der Waals surface area contributed by atoms with Gasteiger partial charge in [0.1, 0.15) is 0 Å². The van der Waals surface area contributed by atoms with E-state index in [1.807, 2.05) is 12.1 Å². The topological polar surface area (TPSA) is 62.6 Å². The number of furan rings is 1. The highest BCUT2D eigenvalue weighted by atomic mass is 79.9. The number of nitrogens with one attached hydrogen (secondary N) is 1. The van der Waals surface area contributed by atoms with E-state index in [9.17, 15) is 9.59 Å². The standard InChI is InChI=1S/C14H11BrN2O3/c1-17-10-3-2-9(6-8(10)7-13(17)18)16-14(19)11-4-5-12(15)20-11/h2-6H,7H2,1H3,(H,16,19). The molecule has 1 aromatic heterocycles. The molecule has 1 N–H and O–H groups in total. The lowest BCUT2D eigenvalue weighted by Crippen LogP contribution is -2.20. The van der Waals surface area contributed by atoms with Crippen LogP contribution in [0.2, 0.25) is 0 Å². The number of likely N-dealkylation sites (N-methyl/N-ethyl adjacent to an activating group) is 1. The number of carbonyl (C=O) groups excluding carboxylic acids is 2. The molecular formula is C14H11BrN2O3. The smallest absolute Gasteiger partial charge is 0.291 e. The average Bonchev–Trinajstić information content (AvgIpc) is 2.95. The van der Waals surface area contributed by atoms with Gasteiger partial charge in [0.2, 0.25) is 5.91 Å². The number of rotatable bonds is 2. The van der Waals surface area contributed by atoms with Crippen molar-refractivity contribution < 1.29 is 14.0 Å². The summed E-state index contributed by atoms with van der Waals surface area (Å²) in [5.41, 5.74) is 2.44. The minimum Gasteiger partial charge on any atom is -0.444 e. The Kier molecular flexibility index (Phi) is 3.10. The van der Waals surface area contributed by atoms with Crippen molar-refractivity contribution >= 4 is 39.1 Å². The molecule has 102 valence electrons. The molecule has 0 bridgehead atoms. The van der Waals surface area contributed by atoms with Crippen molar-refractivity contribution in [3.8, 4) is 0 Å². The van der Waals surface area contributed by atoms with E-state index >= 15 is 0 Å². The minimum atomic E-state index is -0.326. The summed E-state index contributed by atoms with van der Waals surface area (Å²) in [5, 5.41) is 2.75. The maximum absolute atomic E-state index is 12.0. The molecule has 0 radical (unpaired) electrons. The van der Waals surface area contributed by atoms with Crippen molar-refractivity contribution in [1.29, 1.82) is 0 Å². The lowest BCUT2D eigenvalue weighted by Gasteiger charge is -2.10. The van der Waals surface area contributed by atoms with Crippen LogP contribution in [0.4, 0.5) is 11.4 Å². The Bertz CT molecular complexity index is 708. The van der Waals surface area contributed by atoms with Gasteiger partial charge >= 0.3 is 0 Å². The van der Waals surface area contributed by atoms with Crippen molar-refractivity contribution in [2.75, 3.05) is 17.3 Å². The van der Waals surface area contributed by atoms with Crippen LogP contribution in [-0.4, -0.2) is 18.9 Å². The molecule has 1 aromatic carbocycles. The second-order valence-corrected chi connectivity index (χ2v) is 5.31. The number of benzene rings is 1. The number of amides is 2. The summed E-state index contributed by atoms with van der Waals surface area (Å²) in [6.07, 6.45) is 0.363. The molecule has 1 aliphatic heterocycles. The first kappa shape index (κ1) is 12.9. The highest BCUT2D eigenvalue weighted by Crippen LogP contribution is 2.30. The van der Waals surface area contributed by atoms with Gasteiger partial charge in [-0.05, 0) is 51.8 Å². The molecule has 0 atom stereocenters. The Balaban J connectivity index is 1.81. The van der Waals surface area contributed by atoms with Crippen molar-refractivity contribution in [1.82, 2.24) is 0 Å². The maximum Gasteiger partial charge on any atom is 0.291 e. The largest absolute Gasteiger partial charge is 0.444 e. The highest BCUT2D eigenvalue weighted by Gasteiger charge is 2.24. The Morgan fingerprint density at radius 2 is 2.15 bits per heavy atom. The molecule has 5 nitrogen and oxygen atoms in total. The Morgan fingerprint density at radius 3 is 2.85 bits per heavy atom. The van der Waals surface area contributed by atoms with Crippen LogP contribution in [0.5, 0.6) is 0 Å². The Labute approximate surface area is 123 Å². The summed E-state index contributed by atoms with van der Waals surface area (Å²) >= 11 is 3.15. The molecule has 0 fully saturated rings. The molecule has 0 spiro atoms. The van der Waals surface area contributed by atoms with E-state index in [-0.39, 0.29) is 17.6 Å². The van der Waals surface area contributed by atoms with Gasteiger partial charge in [-0.25, -0.2) is 0 Å². The third-order valence-electron chi connectivity index (χ3n) is 3.21. The summed E-state index contributed by atoms with van der Waals surface area (Å²) < 4.78 is 5.69. The third kappa shape index (κ3) is 2.22. The summed E-state index contributed by atoms with van der Waals surface area (Å²) in [5.74, 6) is -0.0441. The van der Waals surface area contributed by atoms with E-state index in [0.717, 1.165) is 11.3 Å². The third-order valence-corrected chi connectivity index (χ3v) is 3.64. The monoisotopic (exact) mass is 334 g/mol. The quantitative estimate of drug-likeness (QED) is 0.918. The first-order valence-electron chi connectivity index (χ1n) is 6.01. The van der Waals surface area contributed by atoms with Gasteiger partial charge in [-0.1, -0.05) is 0 Å². The van der Waals surface area contributed by atoms with Gasteiger partial charge in [0, 0.05) is 18.4 Å². The summed E-state index contributed by atoms with van der Waals surface area (Å²) in [7, 11) is 1.74. The molecule has 0 unspecified atom stereocenters. The molecule has 3 rings (SSSR count). The second kappa shape index (κ2) is 4.79. The molecule has 0 saturated heterocycles. The van der Waals surface area contributed by atoms with E-state index in [2.05, 4.69) is 21.2 Å². The van der Waals surface area contributed by atoms with E-state index in [4.69, 9.17) is 4.42 Å². The maximum atomic E-state index is 12.0. The number of carbonyl (C=O) groups is 2. The van der Waals surface area contributed by atoms with Gasteiger partial charge in [-0.2, -0.15) is 0 Å². The van der Waals surface area contributed by atoms with E-state index in [1.54, 1.807) is 30.1 Å². The number of fused-ring (bicyclic) bond motifs is 1. The fourth-order valence-corrected chi connectivity index (χ4v) is 2.48. The van der Waals surface area contributed by atoms with Crippen molar-refractivity contribution in [3.05, 3.63) is 46.3 Å². The van der Waals surface area contributed by atoms with E-state index in [1.165, 1.54) is 0 Å². The second-order valence-electron chi connectivity index (χ2n) is 4.53. The van der Waals surface area contributed by atoms with Gasteiger partial charge in [0.15, 0.2) is 10.4 Å².